The van der Waals surface area contributed by atoms with E-state index in [9.17, 15) is 0 Å². The van der Waals surface area contributed by atoms with Crippen LogP contribution in [0, 0.1) is 13.8 Å². The van der Waals surface area contributed by atoms with Gasteiger partial charge in [-0.15, -0.1) is 0 Å². The maximum absolute atomic E-state index is 5.42. The molecule has 0 aromatic carbocycles. The van der Waals surface area contributed by atoms with Gasteiger partial charge in [0.05, 0.1) is 6.61 Å². The van der Waals surface area contributed by atoms with Gasteiger partial charge in [0.25, 0.3) is 0 Å². The van der Waals surface area contributed by atoms with Gasteiger partial charge in [0, 0.05) is 30.5 Å². The first-order chi connectivity index (χ1) is 8.63. The van der Waals surface area contributed by atoms with Crippen molar-refractivity contribution in [3.63, 3.8) is 0 Å². The Morgan fingerprint density at radius 1 is 1.33 bits per heavy atom. The minimum atomic E-state index is 0.385. The molecule has 4 heteroatoms. The van der Waals surface area contributed by atoms with Crippen molar-refractivity contribution in [1.29, 1.82) is 0 Å². The molecule has 1 aromatic heterocycles. The molecule has 2 rings (SSSR count). The molecule has 18 heavy (non-hydrogen) atoms. The molecular formula is C14H23N3O. The second-order valence-electron chi connectivity index (χ2n) is 5.19. The molecule has 1 saturated heterocycles. The summed E-state index contributed by atoms with van der Waals surface area (Å²) in [4.78, 5) is 9.40. The summed E-state index contributed by atoms with van der Waals surface area (Å²) < 4.78 is 5.42. The summed E-state index contributed by atoms with van der Waals surface area (Å²) in [5.74, 6) is 1.79. The van der Waals surface area contributed by atoms with E-state index >= 15 is 0 Å². The molecule has 2 unspecified atom stereocenters. The monoisotopic (exact) mass is 249 g/mol. The van der Waals surface area contributed by atoms with Crippen LogP contribution in [0.4, 0.5) is 0 Å². The van der Waals surface area contributed by atoms with E-state index in [1.54, 1.807) is 0 Å². The minimum Gasteiger partial charge on any atom is -0.381 e. The highest BCUT2D eigenvalue weighted by Gasteiger charge is 2.23. The van der Waals surface area contributed by atoms with Crippen molar-refractivity contribution >= 4 is 0 Å². The number of rotatable bonds is 4. The molecule has 1 fully saturated rings. The highest BCUT2D eigenvalue weighted by Crippen LogP contribution is 2.26. The van der Waals surface area contributed by atoms with Gasteiger partial charge in [-0.3, -0.25) is 0 Å². The van der Waals surface area contributed by atoms with E-state index in [1.807, 2.05) is 7.05 Å². The fourth-order valence-corrected chi connectivity index (χ4v) is 2.79. The van der Waals surface area contributed by atoms with Gasteiger partial charge in [-0.2, -0.15) is 0 Å². The van der Waals surface area contributed by atoms with Crippen LogP contribution in [-0.4, -0.2) is 36.8 Å². The predicted octanol–water partition coefficient (Wildman–Crippen LogP) is 1.92. The Hall–Kier alpha value is -1.00. The lowest BCUT2D eigenvalue weighted by Crippen LogP contribution is -2.19. The van der Waals surface area contributed by atoms with E-state index in [0.717, 1.165) is 43.4 Å². The summed E-state index contributed by atoms with van der Waals surface area (Å²) in [7, 11) is 1.98. The lowest BCUT2D eigenvalue weighted by Gasteiger charge is -2.18. The summed E-state index contributed by atoms with van der Waals surface area (Å²) in [6, 6.07) is 0. The van der Waals surface area contributed by atoms with Crippen molar-refractivity contribution in [3.05, 3.63) is 22.8 Å². The number of likely N-dealkylation sites (N-methyl/N-ethyl adjacent to an activating group) is 1. The third-order valence-corrected chi connectivity index (χ3v) is 3.64. The Kier molecular flexibility index (Phi) is 4.30. The van der Waals surface area contributed by atoms with Crippen molar-refractivity contribution in [2.45, 2.75) is 39.0 Å². The second kappa shape index (κ2) is 5.76. The Morgan fingerprint density at radius 2 is 2.00 bits per heavy atom. The Labute approximate surface area is 109 Å². The summed E-state index contributed by atoms with van der Waals surface area (Å²) >= 11 is 0. The fourth-order valence-electron chi connectivity index (χ4n) is 2.79. The lowest BCUT2D eigenvalue weighted by atomic mass is 9.97. The topological polar surface area (TPSA) is 47.0 Å². The van der Waals surface area contributed by atoms with Crippen LogP contribution in [0.3, 0.4) is 0 Å². The van der Waals surface area contributed by atoms with Gasteiger partial charge in [-0.1, -0.05) is 6.92 Å². The third kappa shape index (κ3) is 2.70. The summed E-state index contributed by atoms with van der Waals surface area (Å²) in [6.07, 6.45) is 1.05. The van der Waals surface area contributed by atoms with E-state index in [-0.39, 0.29) is 0 Å². The van der Waals surface area contributed by atoms with Crippen LogP contribution in [0.2, 0.25) is 0 Å². The van der Waals surface area contributed by atoms with Crippen LogP contribution in [0.15, 0.2) is 0 Å². The molecular weight excluding hydrogens is 226 g/mol. The molecule has 4 nitrogen and oxygen atoms in total. The highest BCUT2D eigenvalue weighted by atomic mass is 16.5. The molecule has 2 heterocycles. The lowest BCUT2D eigenvalue weighted by molar-refractivity contribution is 0.193. The van der Waals surface area contributed by atoms with Gasteiger partial charge < -0.3 is 10.1 Å². The maximum Gasteiger partial charge on any atom is 0.134 e. The molecule has 2 atom stereocenters. The number of nitrogens with zero attached hydrogens (tertiary/aromatic N) is 2. The molecule has 100 valence electrons. The van der Waals surface area contributed by atoms with Gasteiger partial charge in [-0.25, -0.2) is 9.97 Å². The van der Waals surface area contributed by atoms with Gasteiger partial charge in [0.2, 0.25) is 0 Å². The van der Waals surface area contributed by atoms with Crippen LogP contribution in [0.5, 0.6) is 0 Å². The Bertz CT molecular complexity index is 390. The SMILES string of the molecule is CNCC(C)c1c(C)nc(C2CCOC2)nc1C. The molecule has 1 aromatic rings. The summed E-state index contributed by atoms with van der Waals surface area (Å²) in [5, 5.41) is 3.21. The first-order valence-electron chi connectivity index (χ1n) is 6.70. The van der Waals surface area contributed by atoms with Crippen LogP contribution in [0.25, 0.3) is 0 Å². The molecule has 0 aliphatic carbocycles. The molecule has 0 spiro atoms. The van der Waals surface area contributed by atoms with E-state index in [0.29, 0.717) is 11.8 Å². The van der Waals surface area contributed by atoms with E-state index in [1.165, 1.54) is 5.56 Å². The number of nitrogens with one attached hydrogen (secondary N) is 1. The molecule has 0 radical (unpaired) electrons. The number of aromatic nitrogens is 2. The first-order valence-corrected chi connectivity index (χ1v) is 6.70. The van der Waals surface area contributed by atoms with Crippen LogP contribution in [-0.2, 0) is 4.74 Å². The predicted molar refractivity (Wildman–Crippen MR) is 72.0 cm³/mol. The smallest absolute Gasteiger partial charge is 0.134 e. The van der Waals surface area contributed by atoms with E-state index in [2.05, 4.69) is 26.1 Å². The standard InChI is InChI=1S/C14H23N3O/c1-9(7-15-4)13-10(2)16-14(17-11(13)3)12-5-6-18-8-12/h9,12,15H,5-8H2,1-4H3. The second-order valence-corrected chi connectivity index (χ2v) is 5.19. The molecule has 1 N–H and O–H groups in total. The van der Waals surface area contributed by atoms with Crippen molar-refractivity contribution in [2.24, 2.45) is 0 Å². The van der Waals surface area contributed by atoms with Crippen LogP contribution < -0.4 is 5.32 Å². The molecule has 0 amide bonds. The fraction of sp³-hybridized carbons (Fsp3) is 0.714. The molecule has 1 aliphatic rings. The highest BCUT2D eigenvalue weighted by molar-refractivity contribution is 5.29. The minimum absolute atomic E-state index is 0.385. The largest absolute Gasteiger partial charge is 0.381 e. The van der Waals surface area contributed by atoms with Crippen molar-refractivity contribution < 1.29 is 4.74 Å². The number of aryl methyl sites for hydroxylation is 2. The van der Waals surface area contributed by atoms with Crippen molar-refractivity contribution in [2.75, 3.05) is 26.8 Å². The van der Waals surface area contributed by atoms with Crippen molar-refractivity contribution in [3.8, 4) is 0 Å². The van der Waals surface area contributed by atoms with Gasteiger partial charge >= 0.3 is 0 Å². The maximum atomic E-state index is 5.42. The molecule has 0 saturated carbocycles. The third-order valence-electron chi connectivity index (χ3n) is 3.64. The summed E-state index contributed by atoms with van der Waals surface area (Å²) in [5.41, 5.74) is 3.52. The average Bonchev–Trinajstić information content (AvgIpc) is 2.81. The quantitative estimate of drug-likeness (QED) is 0.885. The Morgan fingerprint density at radius 3 is 2.50 bits per heavy atom. The normalized spacial score (nSPS) is 21.2. The van der Waals surface area contributed by atoms with Crippen molar-refractivity contribution in [1.82, 2.24) is 15.3 Å². The first kappa shape index (κ1) is 13.4. The number of ether oxygens (including phenoxy) is 1. The number of hydrogen-bond donors (Lipinski definition) is 1. The van der Waals surface area contributed by atoms with Crippen LogP contribution >= 0.6 is 0 Å². The average molecular weight is 249 g/mol. The van der Waals surface area contributed by atoms with E-state index in [4.69, 9.17) is 14.7 Å². The van der Waals surface area contributed by atoms with Gasteiger partial charge in [0.15, 0.2) is 0 Å². The zero-order valence-electron chi connectivity index (χ0n) is 11.8. The summed E-state index contributed by atoms with van der Waals surface area (Å²) in [6.45, 7) is 8.96. The Balaban J connectivity index is 2.28. The zero-order chi connectivity index (χ0) is 13.1. The van der Waals surface area contributed by atoms with E-state index < -0.39 is 0 Å². The van der Waals surface area contributed by atoms with Crippen LogP contribution in [0.1, 0.15) is 48.0 Å². The van der Waals surface area contributed by atoms with Gasteiger partial charge in [-0.05, 0) is 38.8 Å². The molecule has 1 aliphatic heterocycles. The van der Waals surface area contributed by atoms with Gasteiger partial charge in [0.1, 0.15) is 5.82 Å². The molecule has 0 bridgehead atoms. The number of hydrogen-bond acceptors (Lipinski definition) is 4. The zero-order valence-corrected chi connectivity index (χ0v) is 11.8.